The Kier molecular flexibility index (Phi) is 3.93. The van der Waals surface area contributed by atoms with Crippen LogP contribution in [-0.2, 0) is 6.54 Å². The molecule has 1 saturated heterocycles. The van der Waals surface area contributed by atoms with Crippen molar-refractivity contribution in [2.75, 3.05) is 20.1 Å². The summed E-state index contributed by atoms with van der Waals surface area (Å²) in [5.74, 6) is 1.56. The molecule has 3 rings (SSSR count). The molecule has 1 aromatic heterocycles. The number of imidazole rings is 1. The minimum Gasteiger partial charge on any atom is -0.325 e. The van der Waals surface area contributed by atoms with E-state index in [1.807, 2.05) is 25.1 Å². The highest BCUT2D eigenvalue weighted by Crippen LogP contribution is 2.31. The fourth-order valence-corrected chi connectivity index (χ4v) is 3.52. The number of hydrogen-bond donors (Lipinski definition) is 0. The number of para-hydroxylation sites is 1. The lowest BCUT2D eigenvalue weighted by Crippen LogP contribution is -2.18. The number of benzene rings is 1. The molecule has 2 aromatic rings. The Morgan fingerprint density at radius 1 is 1.45 bits per heavy atom. The molecule has 5 heteroatoms. The number of alkyl halides is 1. The number of rotatable bonds is 3. The summed E-state index contributed by atoms with van der Waals surface area (Å²) < 4.78 is 2.22. The molecule has 0 aliphatic carbocycles. The van der Waals surface area contributed by atoms with Crippen molar-refractivity contribution < 1.29 is 0 Å². The van der Waals surface area contributed by atoms with E-state index in [-0.39, 0.29) is 5.38 Å². The van der Waals surface area contributed by atoms with Crippen molar-refractivity contribution in [3.63, 3.8) is 0 Å². The molecule has 2 atom stereocenters. The highest BCUT2D eigenvalue weighted by Gasteiger charge is 2.24. The van der Waals surface area contributed by atoms with Crippen LogP contribution in [0.4, 0.5) is 0 Å². The van der Waals surface area contributed by atoms with E-state index in [2.05, 4.69) is 21.5 Å². The summed E-state index contributed by atoms with van der Waals surface area (Å²) in [6.45, 7) is 5.20. The zero-order chi connectivity index (χ0) is 14.3. The van der Waals surface area contributed by atoms with E-state index in [0.29, 0.717) is 5.92 Å². The highest BCUT2D eigenvalue weighted by molar-refractivity contribution is 6.35. The van der Waals surface area contributed by atoms with Crippen LogP contribution in [-0.4, -0.2) is 34.6 Å². The van der Waals surface area contributed by atoms with Crippen LogP contribution >= 0.6 is 23.2 Å². The number of halogens is 2. The number of hydrogen-bond acceptors (Lipinski definition) is 2. The van der Waals surface area contributed by atoms with E-state index in [1.165, 1.54) is 6.42 Å². The molecule has 1 aromatic carbocycles. The molecule has 0 radical (unpaired) electrons. The normalized spacial score (nSPS) is 21.7. The van der Waals surface area contributed by atoms with E-state index < -0.39 is 0 Å². The van der Waals surface area contributed by atoms with Gasteiger partial charge < -0.3 is 9.47 Å². The van der Waals surface area contributed by atoms with Crippen molar-refractivity contribution in [3.8, 4) is 0 Å². The van der Waals surface area contributed by atoms with Gasteiger partial charge in [0, 0.05) is 13.1 Å². The first-order chi connectivity index (χ1) is 9.56. The second-order valence-corrected chi connectivity index (χ2v) is 6.78. The Bertz CT molecular complexity index is 621. The average molecular weight is 312 g/mol. The molecular formula is C15H19Cl2N3. The van der Waals surface area contributed by atoms with E-state index in [0.717, 1.165) is 41.5 Å². The number of likely N-dealkylation sites (tertiary alicyclic amines) is 1. The van der Waals surface area contributed by atoms with Crippen LogP contribution in [0.5, 0.6) is 0 Å². The van der Waals surface area contributed by atoms with Gasteiger partial charge in [-0.25, -0.2) is 4.98 Å². The highest BCUT2D eigenvalue weighted by atomic mass is 35.5. The van der Waals surface area contributed by atoms with Crippen LogP contribution in [0.25, 0.3) is 11.0 Å². The van der Waals surface area contributed by atoms with Crippen LogP contribution in [0, 0.1) is 5.92 Å². The summed E-state index contributed by atoms with van der Waals surface area (Å²) in [6, 6.07) is 5.86. The maximum Gasteiger partial charge on any atom is 0.127 e. The van der Waals surface area contributed by atoms with Crippen LogP contribution in [0.2, 0.25) is 5.02 Å². The van der Waals surface area contributed by atoms with Crippen molar-refractivity contribution in [3.05, 3.63) is 29.0 Å². The molecule has 0 N–H and O–H groups in total. The van der Waals surface area contributed by atoms with Crippen molar-refractivity contribution in [2.24, 2.45) is 5.92 Å². The summed E-state index contributed by atoms with van der Waals surface area (Å²) in [6.07, 6.45) is 1.22. The molecule has 1 fully saturated rings. The molecule has 0 bridgehead atoms. The number of fused-ring (bicyclic) bond motifs is 1. The van der Waals surface area contributed by atoms with Crippen molar-refractivity contribution in [1.82, 2.24) is 14.5 Å². The quantitative estimate of drug-likeness (QED) is 0.801. The van der Waals surface area contributed by atoms with Gasteiger partial charge >= 0.3 is 0 Å². The van der Waals surface area contributed by atoms with Gasteiger partial charge in [-0.3, -0.25) is 0 Å². The monoisotopic (exact) mass is 311 g/mol. The third kappa shape index (κ3) is 2.54. The van der Waals surface area contributed by atoms with Gasteiger partial charge in [0.25, 0.3) is 0 Å². The second kappa shape index (κ2) is 5.55. The van der Waals surface area contributed by atoms with E-state index in [4.69, 9.17) is 23.2 Å². The fraction of sp³-hybridized carbons (Fsp3) is 0.533. The molecule has 0 spiro atoms. The van der Waals surface area contributed by atoms with Gasteiger partial charge in [-0.1, -0.05) is 17.7 Å². The number of nitrogens with zero attached hydrogens (tertiary/aromatic N) is 3. The first kappa shape index (κ1) is 14.2. The Labute approximate surface area is 129 Å². The Balaban J connectivity index is 2.04. The molecule has 2 heterocycles. The Morgan fingerprint density at radius 3 is 2.90 bits per heavy atom. The zero-order valence-corrected chi connectivity index (χ0v) is 13.3. The first-order valence-corrected chi connectivity index (χ1v) is 7.85. The van der Waals surface area contributed by atoms with Crippen molar-refractivity contribution in [2.45, 2.75) is 25.3 Å². The summed E-state index contributed by atoms with van der Waals surface area (Å²) in [7, 11) is 2.17. The topological polar surface area (TPSA) is 21.1 Å². The molecule has 20 heavy (non-hydrogen) atoms. The predicted octanol–water partition coefficient (Wildman–Crippen LogP) is 3.94. The minimum absolute atomic E-state index is 0.113. The summed E-state index contributed by atoms with van der Waals surface area (Å²) >= 11 is 12.7. The molecule has 1 aliphatic rings. The standard InChI is InChI=1S/C15H19Cl2N3/c1-10(16)15-18-13-5-3-4-12(17)14(13)20(15)9-11-6-7-19(2)8-11/h3-5,10-11H,6-9H2,1-2H3. The fourth-order valence-electron chi connectivity index (χ4n) is 3.08. The second-order valence-electron chi connectivity index (χ2n) is 5.72. The minimum atomic E-state index is -0.113. The van der Waals surface area contributed by atoms with Crippen LogP contribution < -0.4 is 0 Å². The lowest BCUT2D eigenvalue weighted by molar-refractivity contribution is 0.377. The first-order valence-electron chi connectivity index (χ1n) is 7.03. The Morgan fingerprint density at radius 2 is 2.25 bits per heavy atom. The van der Waals surface area contributed by atoms with E-state index >= 15 is 0 Å². The van der Waals surface area contributed by atoms with Gasteiger partial charge in [0.1, 0.15) is 5.82 Å². The molecule has 0 amide bonds. The Hall–Kier alpha value is -0.770. The van der Waals surface area contributed by atoms with E-state index in [9.17, 15) is 0 Å². The third-order valence-corrected chi connectivity index (χ3v) is 4.53. The molecule has 0 saturated carbocycles. The lowest BCUT2D eigenvalue weighted by atomic mass is 10.1. The molecule has 3 nitrogen and oxygen atoms in total. The van der Waals surface area contributed by atoms with Gasteiger partial charge in [0.05, 0.1) is 21.4 Å². The largest absolute Gasteiger partial charge is 0.325 e. The van der Waals surface area contributed by atoms with Crippen molar-refractivity contribution >= 4 is 34.2 Å². The molecule has 1 aliphatic heterocycles. The van der Waals surface area contributed by atoms with Crippen LogP contribution in [0.1, 0.15) is 24.5 Å². The van der Waals surface area contributed by atoms with E-state index in [1.54, 1.807) is 0 Å². The smallest absolute Gasteiger partial charge is 0.127 e. The summed E-state index contributed by atoms with van der Waals surface area (Å²) in [5, 5.41) is 0.641. The third-order valence-electron chi connectivity index (χ3n) is 4.03. The maximum atomic E-state index is 6.38. The molecule has 2 unspecified atom stereocenters. The summed E-state index contributed by atoms with van der Waals surface area (Å²) in [5.41, 5.74) is 1.96. The maximum absolute atomic E-state index is 6.38. The molecule has 108 valence electrons. The molecular weight excluding hydrogens is 293 g/mol. The summed E-state index contributed by atoms with van der Waals surface area (Å²) in [4.78, 5) is 7.04. The van der Waals surface area contributed by atoms with Crippen LogP contribution in [0.15, 0.2) is 18.2 Å². The zero-order valence-electron chi connectivity index (χ0n) is 11.8. The van der Waals surface area contributed by atoms with Gasteiger partial charge in [0.15, 0.2) is 0 Å². The average Bonchev–Trinajstić information content (AvgIpc) is 2.95. The van der Waals surface area contributed by atoms with Gasteiger partial charge in [-0.05, 0) is 45.0 Å². The number of aromatic nitrogens is 2. The predicted molar refractivity (Wildman–Crippen MR) is 84.6 cm³/mol. The van der Waals surface area contributed by atoms with Gasteiger partial charge in [-0.15, -0.1) is 11.6 Å². The van der Waals surface area contributed by atoms with Gasteiger partial charge in [-0.2, -0.15) is 0 Å². The van der Waals surface area contributed by atoms with Crippen LogP contribution in [0.3, 0.4) is 0 Å². The lowest BCUT2D eigenvalue weighted by Gasteiger charge is -2.16. The van der Waals surface area contributed by atoms with Crippen molar-refractivity contribution in [1.29, 1.82) is 0 Å². The van der Waals surface area contributed by atoms with Gasteiger partial charge in [0.2, 0.25) is 0 Å². The SMILES string of the molecule is CC(Cl)c1nc2cccc(Cl)c2n1CC1CCN(C)C1.